The summed E-state index contributed by atoms with van der Waals surface area (Å²) < 4.78 is 6.03. The van der Waals surface area contributed by atoms with Gasteiger partial charge in [0.1, 0.15) is 5.82 Å². The number of nitrogens with zero attached hydrogens (tertiary/aromatic N) is 4. The van der Waals surface area contributed by atoms with Crippen LogP contribution in [0, 0.1) is 0 Å². The summed E-state index contributed by atoms with van der Waals surface area (Å²) in [6.45, 7) is 2.92. The van der Waals surface area contributed by atoms with Crippen LogP contribution in [-0.2, 0) is 19.9 Å². The smallest absolute Gasteiger partial charge is 0.202 e. The fourth-order valence-corrected chi connectivity index (χ4v) is 2.06. The maximum absolute atomic E-state index is 4.34. The summed E-state index contributed by atoms with van der Waals surface area (Å²) in [4.78, 5) is 4.34. The molecule has 2 heterocycles. The Balaban J connectivity index is 1.79. The van der Waals surface area contributed by atoms with Gasteiger partial charge in [0.2, 0.25) is 5.13 Å². The number of aryl methyl sites for hydroxylation is 2. The van der Waals surface area contributed by atoms with Crippen molar-refractivity contribution in [1.82, 2.24) is 19.1 Å². The molecule has 5 nitrogen and oxygen atoms in total. The average molecular weight is 237 g/mol. The molecule has 16 heavy (non-hydrogen) atoms. The molecule has 0 unspecified atom stereocenters. The average Bonchev–Trinajstić information content (AvgIpc) is 2.88. The zero-order valence-corrected chi connectivity index (χ0v) is 10.3. The van der Waals surface area contributed by atoms with Crippen molar-refractivity contribution >= 4 is 16.7 Å². The van der Waals surface area contributed by atoms with Gasteiger partial charge < -0.3 is 5.32 Å². The number of hydrogen-bond acceptors (Lipinski definition) is 5. The lowest BCUT2D eigenvalue weighted by molar-refractivity contribution is 0.767. The Morgan fingerprint density at radius 3 is 3.00 bits per heavy atom. The minimum absolute atomic E-state index is 0.865. The predicted octanol–water partition coefficient (Wildman–Crippen LogP) is 1.49. The van der Waals surface area contributed by atoms with E-state index in [1.807, 2.05) is 24.1 Å². The quantitative estimate of drug-likeness (QED) is 0.856. The van der Waals surface area contributed by atoms with Crippen LogP contribution in [0.3, 0.4) is 0 Å². The van der Waals surface area contributed by atoms with E-state index in [1.165, 1.54) is 17.1 Å². The van der Waals surface area contributed by atoms with Gasteiger partial charge in [0.25, 0.3) is 0 Å². The maximum Gasteiger partial charge on any atom is 0.202 e. The first-order valence-electron chi connectivity index (χ1n) is 5.32. The molecule has 0 radical (unpaired) electrons. The summed E-state index contributed by atoms with van der Waals surface area (Å²) in [5, 5.41) is 8.29. The first-order chi connectivity index (χ1) is 7.78. The second-order valence-electron chi connectivity index (χ2n) is 3.57. The molecule has 2 rings (SSSR count). The molecule has 6 heteroatoms. The van der Waals surface area contributed by atoms with Crippen molar-refractivity contribution in [1.29, 1.82) is 0 Å². The summed E-state index contributed by atoms with van der Waals surface area (Å²) in [7, 11) is 1.93. The van der Waals surface area contributed by atoms with Crippen LogP contribution >= 0.6 is 11.5 Å². The Hall–Kier alpha value is -1.43. The van der Waals surface area contributed by atoms with Gasteiger partial charge in [0, 0.05) is 37.7 Å². The molecule has 0 saturated carbocycles. The van der Waals surface area contributed by atoms with Crippen LogP contribution in [0.1, 0.15) is 18.3 Å². The van der Waals surface area contributed by atoms with Crippen molar-refractivity contribution in [3.05, 3.63) is 23.8 Å². The number of anilines is 1. The Morgan fingerprint density at radius 2 is 2.38 bits per heavy atom. The Labute approximate surface area is 98.7 Å². The lowest BCUT2D eigenvalue weighted by atomic mass is 10.2. The minimum Gasteiger partial charge on any atom is -0.360 e. The second kappa shape index (κ2) is 5.07. The highest BCUT2D eigenvalue weighted by Gasteiger charge is 2.01. The van der Waals surface area contributed by atoms with Crippen LogP contribution in [0.25, 0.3) is 0 Å². The minimum atomic E-state index is 0.865. The Morgan fingerprint density at radius 1 is 1.50 bits per heavy atom. The van der Waals surface area contributed by atoms with Crippen LogP contribution in [0.4, 0.5) is 5.13 Å². The highest BCUT2D eigenvalue weighted by atomic mass is 32.1. The van der Waals surface area contributed by atoms with Crippen molar-refractivity contribution in [2.45, 2.75) is 19.8 Å². The van der Waals surface area contributed by atoms with E-state index < -0.39 is 0 Å². The van der Waals surface area contributed by atoms with Crippen LogP contribution < -0.4 is 5.32 Å². The standard InChI is InChI=1S/C10H15N5S/c1-3-9-13-10(16-14-9)11-5-4-8-6-12-15(2)7-8/h6-7H,3-5H2,1-2H3,(H,11,13,14). The number of hydrogen-bond donors (Lipinski definition) is 1. The second-order valence-corrected chi connectivity index (χ2v) is 4.32. The van der Waals surface area contributed by atoms with Crippen LogP contribution in [-0.4, -0.2) is 25.7 Å². The first kappa shape index (κ1) is 11.1. The number of aromatic nitrogens is 4. The van der Waals surface area contributed by atoms with Crippen LogP contribution in [0.2, 0.25) is 0 Å². The van der Waals surface area contributed by atoms with Crippen molar-refractivity contribution in [3.8, 4) is 0 Å². The van der Waals surface area contributed by atoms with Crippen molar-refractivity contribution in [3.63, 3.8) is 0 Å². The molecule has 86 valence electrons. The molecule has 0 saturated heterocycles. The predicted molar refractivity (Wildman–Crippen MR) is 64.7 cm³/mol. The summed E-state index contributed by atoms with van der Waals surface area (Å²) in [6.07, 6.45) is 5.76. The molecular weight excluding hydrogens is 222 g/mol. The van der Waals surface area contributed by atoms with Crippen LogP contribution in [0.5, 0.6) is 0 Å². The monoisotopic (exact) mass is 237 g/mol. The van der Waals surface area contributed by atoms with E-state index in [1.54, 1.807) is 0 Å². The molecule has 0 fully saturated rings. The molecule has 0 atom stereocenters. The van der Waals surface area contributed by atoms with Gasteiger partial charge in [-0.2, -0.15) is 9.47 Å². The molecule has 2 aromatic heterocycles. The van der Waals surface area contributed by atoms with Gasteiger partial charge in [-0.3, -0.25) is 4.68 Å². The van der Waals surface area contributed by atoms with Crippen molar-refractivity contribution < 1.29 is 0 Å². The van der Waals surface area contributed by atoms with E-state index in [-0.39, 0.29) is 0 Å². The largest absolute Gasteiger partial charge is 0.360 e. The zero-order chi connectivity index (χ0) is 11.4. The van der Waals surface area contributed by atoms with Crippen molar-refractivity contribution in [2.75, 3.05) is 11.9 Å². The van der Waals surface area contributed by atoms with Crippen LogP contribution in [0.15, 0.2) is 12.4 Å². The molecule has 0 amide bonds. The van der Waals surface area contributed by atoms with Gasteiger partial charge in [0.05, 0.1) is 6.20 Å². The number of nitrogens with one attached hydrogen (secondary N) is 1. The molecule has 1 N–H and O–H groups in total. The van der Waals surface area contributed by atoms with Crippen molar-refractivity contribution in [2.24, 2.45) is 7.05 Å². The zero-order valence-electron chi connectivity index (χ0n) is 9.47. The first-order valence-corrected chi connectivity index (χ1v) is 6.09. The van der Waals surface area contributed by atoms with E-state index in [9.17, 15) is 0 Å². The van der Waals surface area contributed by atoms with Gasteiger partial charge in [0.15, 0.2) is 0 Å². The van der Waals surface area contributed by atoms with Gasteiger partial charge in [-0.15, -0.1) is 0 Å². The molecule has 0 aliphatic heterocycles. The van der Waals surface area contributed by atoms with E-state index in [2.05, 4.69) is 26.7 Å². The molecule has 2 aromatic rings. The highest BCUT2D eigenvalue weighted by Crippen LogP contribution is 2.11. The van der Waals surface area contributed by atoms with E-state index >= 15 is 0 Å². The van der Waals surface area contributed by atoms with E-state index in [0.717, 1.165) is 30.3 Å². The topological polar surface area (TPSA) is 55.6 Å². The summed E-state index contributed by atoms with van der Waals surface area (Å²) in [5.74, 6) is 0.911. The Bertz CT molecular complexity index is 448. The normalized spacial score (nSPS) is 10.6. The SMILES string of the molecule is CCc1nsc(NCCc2cnn(C)c2)n1. The molecule has 0 bridgehead atoms. The molecule has 0 aliphatic rings. The fraction of sp³-hybridized carbons (Fsp3) is 0.500. The van der Waals surface area contributed by atoms with Gasteiger partial charge in [-0.1, -0.05) is 6.92 Å². The van der Waals surface area contributed by atoms with Gasteiger partial charge >= 0.3 is 0 Å². The van der Waals surface area contributed by atoms with Gasteiger partial charge in [-0.05, 0) is 12.0 Å². The fourth-order valence-electron chi connectivity index (χ4n) is 1.38. The lowest BCUT2D eigenvalue weighted by Gasteiger charge is -1.99. The molecular formula is C10H15N5S. The lowest BCUT2D eigenvalue weighted by Crippen LogP contribution is -2.04. The molecule has 0 aromatic carbocycles. The maximum atomic E-state index is 4.34. The Kier molecular flexibility index (Phi) is 3.51. The summed E-state index contributed by atoms with van der Waals surface area (Å²) in [5.41, 5.74) is 1.23. The third-order valence-electron chi connectivity index (χ3n) is 2.23. The summed E-state index contributed by atoms with van der Waals surface area (Å²) in [6, 6.07) is 0. The third-order valence-corrected chi connectivity index (χ3v) is 2.94. The number of rotatable bonds is 5. The van der Waals surface area contributed by atoms with E-state index in [0.29, 0.717) is 0 Å². The highest BCUT2D eigenvalue weighted by molar-refractivity contribution is 7.09. The molecule has 0 spiro atoms. The third kappa shape index (κ3) is 2.79. The van der Waals surface area contributed by atoms with Gasteiger partial charge in [-0.25, -0.2) is 4.98 Å². The molecule has 0 aliphatic carbocycles. The van der Waals surface area contributed by atoms with E-state index in [4.69, 9.17) is 0 Å². The summed E-state index contributed by atoms with van der Waals surface area (Å²) >= 11 is 1.42.